The molecule has 0 aliphatic carbocycles. The maximum Gasteiger partial charge on any atom is 0.255 e. The topological polar surface area (TPSA) is 127 Å². The molecule has 4 atom stereocenters. The van der Waals surface area contributed by atoms with E-state index >= 15 is 8.78 Å². The fourth-order valence-electron chi connectivity index (χ4n) is 5.85. The van der Waals surface area contributed by atoms with Crippen LogP contribution in [0.2, 0.25) is 10.0 Å². The Labute approximate surface area is 271 Å². The Morgan fingerprint density at radius 3 is 2.44 bits per heavy atom. The average molecular weight is 659 g/mol. The van der Waals surface area contributed by atoms with E-state index in [1.807, 2.05) is 20.8 Å². The van der Waals surface area contributed by atoms with Crippen LogP contribution in [-0.2, 0) is 10.2 Å². The number of carbonyl (C=O) groups is 2. The lowest BCUT2D eigenvalue weighted by Gasteiger charge is -2.37. The number of halogens is 4. The molecule has 4 rings (SSSR count). The summed E-state index contributed by atoms with van der Waals surface area (Å²) >= 11 is 12.3. The van der Waals surface area contributed by atoms with Crippen molar-refractivity contribution in [2.24, 2.45) is 5.41 Å². The molecule has 3 aromatic rings. The van der Waals surface area contributed by atoms with Crippen LogP contribution in [0.25, 0.3) is 0 Å². The zero-order valence-electron chi connectivity index (χ0n) is 25.5. The van der Waals surface area contributed by atoms with Crippen molar-refractivity contribution >= 4 is 40.8 Å². The summed E-state index contributed by atoms with van der Waals surface area (Å²) in [6, 6.07) is 11.3. The van der Waals surface area contributed by atoms with Gasteiger partial charge in [-0.2, -0.15) is 5.26 Å². The molecule has 0 radical (unpaired) electrons. The Hall–Kier alpha value is -3.62. The van der Waals surface area contributed by atoms with Gasteiger partial charge in [-0.25, -0.2) is 13.8 Å². The van der Waals surface area contributed by atoms with Gasteiger partial charge < -0.3 is 21.1 Å². The zero-order chi connectivity index (χ0) is 33.3. The Morgan fingerprint density at radius 1 is 1.11 bits per heavy atom. The largest absolute Gasteiger partial charge is 0.394 e. The first-order valence-corrected chi connectivity index (χ1v) is 15.1. The number of hydrogen-bond donors (Lipinski definition) is 4. The van der Waals surface area contributed by atoms with E-state index in [0.29, 0.717) is 6.42 Å². The van der Waals surface area contributed by atoms with Crippen molar-refractivity contribution in [2.75, 3.05) is 11.9 Å². The van der Waals surface area contributed by atoms with Crippen LogP contribution in [0.5, 0.6) is 0 Å². The second-order valence-electron chi connectivity index (χ2n) is 13.1. The van der Waals surface area contributed by atoms with Crippen molar-refractivity contribution < 1.29 is 23.5 Å². The molecule has 238 valence electrons. The highest BCUT2D eigenvalue weighted by molar-refractivity contribution is 6.31. The van der Waals surface area contributed by atoms with Crippen LogP contribution in [0.15, 0.2) is 54.7 Å². The number of pyridine rings is 1. The fraction of sp³-hybridized carbons (Fsp3) is 0.394. The van der Waals surface area contributed by atoms with Gasteiger partial charge in [-0.05, 0) is 61.6 Å². The second-order valence-corrected chi connectivity index (χ2v) is 13.9. The van der Waals surface area contributed by atoms with Crippen molar-refractivity contribution in [2.45, 2.75) is 70.0 Å². The Kier molecular flexibility index (Phi) is 9.90. The van der Waals surface area contributed by atoms with Crippen LogP contribution in [0.1, 0.15) is 68.4 Å². The van der Waals surface area contributed by atoms with Crippen LogP contribution < -0.4 is 16.0 Å². The molecule has 2 heterocycles. The van der Waals surface area contributed by atoms with E-state index in [2.05, 4.69) is 27.0 Å². The van der Waals surface area contributed by atoms with Crippen molar-refractivity contribution in [3.8, 4) is 6.07 Å². The molecule has 1 aliphatic rings. The number of nitriles is 1. The third kappa shape index (κ3) is 6.97. The first kappa shape index (κ1) is 34.3. The molecule has 2 amide bonds. The number of carbonyl (C=O) groups excluding carboxylic acids is 2. The molecule has 8 nitrogen and oxygen atoms in total. The minimum absolute atomic E-state index is 0.0115. The summed E-state index contributed by atoms with van der Waals surface area (Å²) in [7, 11) is 0. The molecule has 0 spiro atoms. The van der Waals surface area contributed by atoms with E-state index in [9.17, 15) is 20.0 Å². The SMILES string of the molecule is CC(C)(C)C[C@@H]1N[C@@H](C(=O)Nc2ncccc2C(=O)NC(C)(C)CO)[C@H](c2cccc(Cl)c2F)[C@@]1(C#N)c1ccc(Cl)cc1F. The lowest BCUT2D eigenvalue weighted by Crippen LogP contribution is -2.46. The third-order valence-electron chi connectivity index (χ3n) is 7.87. The summed E-state index contributed by atoms with van der Waals surface area (Å²) in [5, 5.41) is 29.1. The lowest BCUT2D eigenvalue weighted by atomic mass is 9.62. The summed E-state index contributed by atoms with van der Waals surface area (Å²) in [5.41, 5.74) is -3.31. The Balaban J connectivity index is 1.90. The van der Waals surface area contributed by atoms with Crippen LogP contribution in [0.4, 0.5) is 14.6 Å². The maximum absolute atomic E-state index is 15.9. The predicted octanol–water partition coefficient (Wildman–Crippen LogP) is 6.13. The molecule has 0 bridgehead atoms. The van der Waals surface area contributed by atoms with Gasteiger partial charge in [0.25, 0.3) is 5.91 Å². The number of hydrogen-bond acceptors (Lipinski definition) is 6. The monoisotopic (exact) mass is 657 g/mol. The van der Waals surface area contributed by atoms with Gasteiger partial charge in [0.05, 0.1) is 34.8 Å². The Bertz CT molecular complexity index is 1660. The number of benzene rings is 2. The smallest absolute Gasteiger partial charge is 0.255 e. The van der Waals surface area contributed by atoms with Crippen LogP contribution in [0.3, 0.4) is 0 Å². The van der Waals surface area contributed by atoms with Crippen LogP contribution in [0, 0.1) is 28.4 Å². The van der Waals surface area contributed by atoms with E-state index < -0.39 is 57.8 Å². The molecule has 2 aromatic carbocycles. The number of nitrogens with one attached hydrogen (secondary N) is 3. The first-order chi connectivity index (χ1) is 21.0. The molecule has 4 N–H and O–H groups in total. The van der Waals surface area contributed by atoms with Crippen LogP contribution in [-0.4, -0.2) is 46.1 Å². The number of anilines is 1. The van der Waals surface area contributed by atoms with Gasteiger partial charge in [0.2, 0.25) is 5.91 Å². The van der Waals surface area contributed by atoms with Gasteiger partial charge in [-0.1, -0.05) is 62.2 Å². The zero-order valence-corrected chi connectivity index (χ0v) is 27.0. The third-order valence-corrected chi connectivity index (χ3v) is 8.40. The van der Waals surface area contributed by atoms with E-state index in [0.717, 1.165) is 6.07 Å². The number of amides is 2. The molecule has 1 aliphatic heterocycles. The highest BCUT2D eigenvalue weighted by Crippen LogP contribution is 2.53. The lowest BCUT2D eigenvalue weighted by molar-refractivity contribution is -0.118. The van der Waals surface area contributed by atoms with Crippen LogP contribution >= 0.6 is 23.2 Å². The standard InChI is InChI=1S/C33H35Cl2F2N5O3/c1-31(2,3)15-24-33(16-38,21-12-11-18(34)14-23(21)36)25(19-8-6-10-22(35)26(19)37)27(40-24)30(45)41-28-20(9-7-13-39-28)29(44)42-32(4,5)17-43/h6-14,24-25,27,40,43H,15,17H2,1-5H3,(H,42,44)(H,39,41,45)/t24-,25-,27+,33-/m0/s1. The molecule has 1 aromatic heterocycles. The average Bonchev–Trinajstić information content (AvgIpc) is 3.27. The highest BCUT2D eigenvalue weighted by atomic mass is 35.5. The molecular formula is C33H35Cl2F2N5O3. The van der Waals surface area contributed by atoms with Crippen molar-refractivity contribution in [3.63, 3.8) is 0 Å². The minimum Gasteiger partial charge on any atom is -0.394 e. The molecule has 1 fully saturated rings. The van der Waals surface area contributed by atoms with E-state index in [1.54, 1.807) is 13.8 Å². The summed E-state index contributed by atoms with van der Waals surface area (Å²) in [6.45, 7) is 8.71. The summed E-state index contributed by atoms with van der Waals surface area (Å²) in [4.78, 5) is 31.6. The van der Waals surface area contributed by atoms with E-state index in [-0.39, 0.29) is 39.2 Å². The van der Waals surface area contributed by atoms with Gasteiger partial charge in [0.1, 0.15) is 22.9 Å². The highest BCUT2D eigenvalue weighted by Gasteiger charge is 2.61. The van der Waals surface area contributed by atoms with E-state index in [1.165, 1.54) is 48.7 Å². The molecular weight excluding hydrogens is 623 g/mol. The molecule has 45 heavy (non-hydrogen) atoms. The number of rotatable bonds is 8. The predicted molar refractivity (Wildman–Crippen MR) is 169 cm³/mol. The van der Waals surface area contributed by atoms with Crippen molar-refractivity contribution in [3.05, 3.63) is 93.1 Å². The summed E-state index contributed by atoms with van der Waals surface area (Å²) in [6.07, 6.45) is 1.67. The summed E-state index contributed by atoms with van der Waals surface area (Å²) < 4.78 is 31.7. The second kappa shape index (κ2) is 13.0. The minimum atomic E-state index is -1.81. The van der Waals surface area contributed by atoms with Crippen molar-refractivity contribution in [1.82, 2.24) is 15.6 Å². The van der Waals surface area contributed by atoms with Gasteiger partial charge in [0.15, 0.2) is 0 Å². The maximum atomic E-state index is 15.9. The Morgan fingerprint density at radius 2 is 1.82 bits per heavy atom. The molecule has 0 unspecified atom stereocenters. The molecule has 1 saturated heterocycles. The van der Waals surface area contributed by atoms with Gasteiger partial charge in [-0.3, -0.25) is 9.59 Å². The number of aromatic nitrogens is 1. The first-order valence-electron chi connectivity index (χ1n) is 14.3. The molecule has 0 saturated carbocycles. The fourth-order valence-corrected chi connectivity index (χ4v) is 6.19. The normalized spacial score (nSPS) is 21.7. The van der Waals surface area contributed by atoms with Gasteiger partial charge in [0, 0.05) is 28.7 Å². The van der Waals surface area contributed by atoms with Crippen molar-refractivity contribution in [1.29, 1.82) is 5.26 Å². The number of nitrogens with zero attached hydrogens (tertiary/aromatic N) is 2. The summed E-state index contributed by atoms with van der Waals surface area (Å²) in [5.74, 6) is -4.36. The van der Waals surface area contributed by atoms with Gasteiger partial charge in [-0.15, -0.1) is 0 Å². The number of aliphatic hydroxyl groups excluding tert-OH is 1. The molecule has 12 heteroatoms. The van der Waals surface area contributed by atoms with E-state index in [4.69, 9.17) is 23.2 Å². The number of aliphatic hydroxyl groups is 1. The van der Waals surface area contributed by atoms with Gasteiger partial charge >= 0.3 is 0 Å². The quantitative estimate of drug-likeness (QED) is 0.231.